The highest BCUT2D eigenvalue weighted by molar-refractivity contribution is 6.42. The summed E-state index contributed by atoms with van der Waals surface area (Å²) in [5.41, 5.74) is 1.18. The second-order valence-electron chi connectivity index (χ2n) is 4.38. The first kappa shape index (κ1) is 14.8. The van der Waals surface area contributed by atoms with Crippen molar-refractivity contribution in [3.05, 3.63) is 69.5 Å². The first-order valence-electron chi connectivity index (χ1n) is 5.93. The average Bonchev–Trinajstić information content (AvgIpc) is 2.44. The molecule has 5 heteroatoms. The van der Waals surface area contributed by atoms with Crippen LogP contribution in [0.4, 0.5) is 4.39 Å². The summed E-state index contributed by atoms with van der Waals surface area (Å²) in [6.07, 6.45) is 0. The van der Waals surface area contributed by atoms with Crippen molar-refractivity contribution in [2.45, 2.75) is 6.54 Å². The van der Waals surface area contributed by atoms with Crippen LogP contribution < -0.4 is 0 Å². The number of carbonyl (C=O) groups excluding carboxylic acids is 1. The lowest BCUT2D eigenvalue weighted by molar-refractivity contribution is 0.0785. The van der Waals surface area contributed by atoms with Crippen molar-refractivity contribution in [2.75, 3.05) is 7.05 Å². The molecule has 2 aromatic rings. The Labute approximate surface area is 126 Å². The van der Waals surface area contributed by atoms with Crippen molar-refractivity contribution in [1.82, 2.24) is 4.90 Å². The number of hydrogen-bond acceptors (Lipinski definition) is 1. The van der Waals surface area contributed by atoms with Gasteiger partial charge in [0, 0.05) is 19.2 Å². The van der Waals surface area contributed by atoms with E-state index in [4.69, 9.17) is 23.2 Å². The smallest absolute Gasteiger partial charge is 0.253 e. The minimum Gasteiger partial charge on any atom is -0.337 e. The molecule has 2 rings (SSSR count). The van der Waals surface area contributed by atoms with Crippen LogP contribution in [0.5, 0.6) is 0 Å². The molecule has 20 heavy (non-hydrogen) atoms. The normalized spacial score (nSPS) is 10.4. The van der Waals surface area contributed by atoms with Crippen molar-refractivity contribution in [3.63, 3.8) is 0 Å². The molecule has 0 spiro atoms. The molecule has 0 aliphatic heterocycles. The van der Waals surface area contributed by atoms with Gasteiger partial charge in [0.05, 0.1) is 10.0 Å². The van der Waals surface area contributed by atoms with Crippen LogP contribution >= 0.6 is 23.2 Å². The number of rotatable bonds is 3. The molecule has 0 N–H and O–H groups in total. The molecule has 104 valence electrons. The number of halogens is 3. The van der Waals surface area contributed by atoms with Crippen LogP contribution in [0.15, 0.2) is 42.5 Å². The van der Waals surface area contributed by atoms with E-state index in [9.17, 15) is 9.18 Å². The third kappa shape index (κ3) is 3.30. The number of benzene rings is 2. The first-order chi connectivity index (χ1) is 9.49. The SMILES string of the molecule is CN(Cc1cccc(Cl)c1Cl)C(=O)c1ccc(F)cc1. The summed E-state index contributed by atoms with van der Waals surface area (Å²) in [4.78, 5) is 13.7. The fourth-order valence-electron chi connectivity index (χ4n) is 1.81. The Morgan fingerprint density at radius 3 is 2.45 bits per heavy atom. The fraction of sp³-hybridized carbons (Fsp3) is 0.133. The van der Waals surface area contributed by atoms with Crippen LogP contribution in [0, 0.1) is 5.82 Å². The molecule has 0 radical (unpaired) electrons. The van der Waals surface area contributed by atoms with Gasteiger partial charge in [-0.3, -0.25) is 4.79 Å². The molecule has 0 aromatic heterocycles. The summed E-state index contributed by atoms with van der Waals surface area (Å²) in [5, 5.41) is 0.889. The Hall–Kier alpha value is -1.58. The van der Waals surface area contributed by atoms with Gasteiger partial charge in [-0.1, -0.05) is 35.3 Å². The van der Waals surface area contributed by atoms with E-state index in [1.54, 1.807) is 19.2 Å². The maximum atomic E-state index is 12.8. The highest BCUT2D eigenvalue weighted by Crippen LogP contribution is 2.26. The lowest BCUT2D eigenvalue weighted by Gasteiger charge is -2.18. The molecule has 0 saturated carbocycles. The number of hydrogen-bond donors (Lipinski definition) is 0. The Morgan fingerprint density at radius 1 is 1.15 bits per heavy atom. The van der Waals surface area contributed by atoms with Crippen LogP contribution in [0.3, 0.4) is 0 Å². The second-order valence-corrected chi connectivity index (χ2v) is 5.17. The summed E-state index contributed by atoms with van der Waals surface area (Å²) in [7, 11) is 1.66. The minimum atomic E-state index is -0.373. The van der Waals surface area contributed by atoms with E-state index in [0.717, 1.165) is 5.56 Å². The van der Waals surface area contributed by atoms with Gasteiger partial charge >= 0.3 is 0 Å². The first-order valence-corrected chi connectivity index (χ1v) is 6.68. The van der Waals surface area contributed by atoms with E-state index in [-0.39, 0.29) is 11.7 Å². The fourth-order valence-corrected chi connectivity index (χ4v) is 2.19. The third-order valence-electron chi connectivity index (χ3n) is 2.88. The Balaban J connectivity index is 2.15. The van der Waals surface area contributed by atoms with Crippen LogP contribution in [-0.4, -0.2) is 17.9 Å². The van der Waals surface area contributed by atoms with Gasteiger partial charge in [-0.05, 0) is 35.9 Å². The number of nitrogens with zero attached hydrogens (tertiary/aromatic N) is 1. The van der Waals surface area contributed by atoms with Crippen LogP contribution in [0.25, 0.3) is 0 Å². The molecule has 0 fully saturated rings. The molecule has 0 unspecified atom stereocenters. The van der Waals surface area contributed by atoms with Crippen molar-refractivity contribution in [1.29, 1.82) is 0 Å². The summed E-state index contributed by atoms with van der Waals surface area (Å²) >= 11 is 12.0. The molecule has 0 aliphatic carbocycles. The Bertz CT molecular complexity index is 628. The Morgan fingerprint density at radius 2 is 1.80 bits per heavy atom. The van der Waals surface area contributed by atoms with E-state index in [2.05, 4.69) is 0 Å². The topological polar surface area (TPSA) is 20.3 Å². The van der Waals surface area contributed by atoms with E-state index in [1.807, 2.05) is 6.07 Å². The number of amides is 1. The standard InChI is InChI=1S/C15H12Cl2FNO/c1-19(9-11-3-2-4-13(16)14(11)17)15(20)10-5-7-12(18)8-6-10/h2-8H,9H2,1H3. The lowest BCUT2D eigenvalue weighted by Crippen LogP contribution is -2.26. The quantitative estimate of drug-likeness (QED) is 0.822. The predicted octanol–water partition coefficient (Wildman–Crippen LogP) is 4.40. The van der Waals surface area contributed by atoms with E-state index >= 15 is 0 Å². The van der Waals surface area contributed by atoms with Crippen LogP contribution in [-0.2, 0) is 6.54 Å². The van der Waals surface area contributed by atoms with E-state index < -0.39 is 0 Å². The van der Waals surface area contributed by atoms with Gasteiger partial charge in [0.25, 0.3) is 5.91 Å². The van der Waals surface area contributed by atoms with Gasteiger partial charge in [0.1, 0.15) is 5.82 Å². The Kier molecular flexibility index (Phi) is 4.63. The molecule has 0 atom stereocenters. The summed E-state index contributed by atoms with van der Waals surface area (Å²) < 4.78 is 12.8. The molecule has 0 heterocycles. The maximum Gasteiger partial charge on any atom is 0.253 e. The molecular weight excluding hydrogens is 300 g/mol. The largest absolute Gasteiger partial charge is 0.337 e. The highest BCUT2D eigenvalue weighted by atomic mass is 35.5. The molecule has 0 saturated heterocycles. The maximum absolute atomic E-state index is 12.8. The second kappa shape index (κ2) is 6.25. The van der Waals surface area contributed by atoms with E-state index in [1.165, 1.54) is 29.2 Å². The molecule has 0 bridgehead atoms. The van der Waals surface area contributed by atoms with Crippen molar-refractivity contribution in [3.8, 4) is 0 Å². The predicted molar refractivity (Wildman–Crippen MR) is 78.7 cm³/mol. The molecule has 0 aliphatic rings. The van der Waals surface area contributed by atoms with Gasteiger partial charge in [-0.15, -0.1) is 0 Å². The van der Waals surface area contributed by atoms with Crippen molar-refractivity contribution in [2.24, 2.45) is 0 Å². The number of carbonyl (C=O) groups is 1. The minimum absolute atomic E-state index is 0.207. The van der Waals surface area contributed by atoms with Crippen molar-refractivity contribution < 1.29 is 9.18 Å². The van der Waals surface area contributed by atoms with Gasteiger partial charge in [0.15, 0.2) is 0 Å². The summed E-state index contributed by atoms with van der Waals surface area (Å²) in [6, 6.07) is 10.7. The van der Waals surface area contributed by atoms with Crippen LogP contribution in [0.2, 0.25) is 10.0 Å². The third-order valence-corrected chi connectivity index (χ3v) is 3.73. The molecule has 1 amide bonds. The zero-order valence-corrected chi connectivity index (χ0v) is 12.2. The van der Waals surface area contributed by atoms with Gasteiger partial charge in [0.2, 0.25) is 0 Å². The zero-order valence-electron chi connectivity index (χ0n) is 10.7. The molecule has 2 nitrogen and oxygen atoms in total. The van der Waals surface area contributed by atoms with Gasteiger partial charge in [-0.25, -0.2) is 4.39 Å². The van der Waals surface area contributed by atoms with Gasteiger partial charge < -0.3 is 4.90 Å². The van der Waals surface area contributed by atoms with E-state index in [0.29, 0.717) is 22.2 Å². The zero-order chi connectivity index (χ0) is 14.7. The monoisotopic (exact) mass is 311 g/mol. The summed E-state index contributed by atoms with van der Waals surface area (Å²) in [6.45, 7) is 0.329. The lowest BCUT2D eigenvalue weighted by atomic mass is 10.1. The van der Waals surface area contributed by atoms with Crippen molar-refractivity contribution >= 4 is 29.1 Å². The highest BCUT2D eigenvalue weighted by Gasteiger charge is 2.14. The summed E-state index contributed by atoms with van der Waals surface area (Å²) in [5.74, 6) is -0.580. The van der Waals surface area contributed by atoms with Gasteiger partial charge in [-0.2, -0.15) is 0 Å². The molecular formula is C15H12Cl2FNO. The molecule has 2 aromatic carbocycles. The average molecular weight is 312 g/mol. The van der Waals surface area contributed by atoms with Crippen LogP contribution in [0.1, 0.15) is 15.9 Å².